The minimum Gasteiger partial charge on any atom is -0.292 e. The van der Waals surface area contributed by atoms with Crippen LogP contribution >= 0.6 is 0 Å². The molecule has 0 radical (unpaired) electrons. The predicted molar refractivity (Wildman–Crippen MR) is 241 cm³/mol. The zero-order valence-electron chi connectivity index (χ0n) is 31.2. The Labute approximate surface area is 331 Å². The van der Waals surface area contributed by atoms with E-state index in [9.17, 15) is 0 Å². The second-order valence-electron chi connectivity index (χ2n) is 14.7. The zero-order valence-corrected chi connectivity index (χ0v) is 31.2. The number of para-hydroxylation sites is 3. The van der Waals surface area contributed by atoms with Gasteiger partial charge in [-0.05, 0) is 119 Å². The molecule has 0 aliphatic heterocycles. The SMILES string of the molecule is c1ccc(-c2ccc3c(-c4ccc5ccccc5c4)c4cc(-c5ccccc5)ccc4c(-c4ccc(-c5nc6ccccc6n5-c5ccccc5)cc4)c3c2)cc1. The predicted octanol–water partition coefficient (Wildman–Crippen LogP) is 14.8. The molecule has 0 unspecified atom stereocenters. The first kappa shape index (κ1) is 32.8. The van der Waals surface area contributed by atoms with E-state index in [-0.39, 0.29) is 0 Å². The van der Waals surface area contributed by atoms with Crippen LogP contribution in [-0.2, 0) is 0 Å². The van der Waals surface area contributed by atoms with Gasteiger partial charge in [-0.2, -0.15) is 0 Å². The van der Waals surface area contributed by atoms with Gasteiger partial charge in [0.25, 0.3) is 0 Å². The van der Waals surface area contributed by atoms with Crippen molar-refractivity contribution in [2.24, 2.45) is 0 Å². The highest BCUT2D eigenvalue weighted by Gasteiger charge is 2.20. The minimum absolute atomic E-state index is 0.925. The molecule has 0 spiro atoms. The molecule has 2 heteroatoms. The monoisotopic (exact) mass is 724 g/mol. The lowest BCUT2D eigenvalue weighted by atomic mass is 9.83. The standard InChI is InChI=1S/C55H36N2/c1-4-14-37(15-5-1)43-31-33-48-49(35-43)53(40-25-27-41(28-26-40)55-56-51-22-12-13-23-52(51)57(55)46-20-8-3-9-21-46)47-32-30-44(38-16-6-2-7-17-38)36-50(47)54(48)45-29-24-39-18-10-11-19-42(39)34-45/h1-36H. The second kappa shape index (κ2) is 13.6. The quantitative estimate of drug-likeness (QED) is 0.156. The molecule has 0 saturated heterocycles. The van der Waals surface area contributed by atoms with Crippen molar-refractivity contribution in [2.75, 3.05) is 0 Å². The van der Waals surface area contributed by atoms with E-state index in [0.29, 0.717) is 0 Å². The Morgan fingerprint density at radius 3 is 1.44 bits per heavy atom. The van der Waals surface area contributed by atoms with Gasteiger partial charge in [-0.3, -0.25) is 4.57 Å². The van der Waals surface area contributed by atoms with Crippen LogP contribution in [0.2, 0.25) is 0 Å². The topological polar surface area (TPSA) is 17.8 Å². The van der Waals surface area contributed by atoms with Gasteiger partial charge < -0.3 is 0 Å². The molecule has 0 atom stereocenters. The number of aromatic nitrogens is 2. The maximum absolute atomic E-state index is 5.17. The van der Waals surface area contributed by atoms with Crippen molar-refractivity contribution in [2.45, 2.75) is 0 Å². The Kier molecular flexibility index (Phi) is 7.86. The number of hydrogen-bond donors (Lipinski definition) is 0. The molecule has 1 aromatic heterocycles. The fraction of sp³-hybridized carbons (Fsp3) is 0. The molecule has 0 fully saturated rings. The number of hydrogen-bond acceptors (Lipinski definition) is 1. The Morgan fingerprint density at radius 1 is 0.298 bits per heavy atom. The van der Waals surface area contributed by atoms with Crippen LogP contribution in [0.25, 0.3) is 105 Å². The summed E-state index contributed by atoms with van der Waals surface area (Å²) < 4.78 is 2.27. The summed E-state index contributed by atoms with van der Waals surface area (Å²) in [5.74, 6) is 0.925. The van der Waals surface area contributed by atoms with Crippen molar-refractivity contribution in [3.63, 3.8) is 0 Å². The van der Waals surface area contributed by atoms with Gasteiger partial charge in [-0.15, -0.1) is 0 Å². The summed E-state index contributed by atoms with van der Waals surface area (Å²) in [4.78, 5) is 5.17. The van der Waals surface area contributed by atoms with E-state index in [1.54, 1.807) is 0 Å². The molecule has 2 nitrogen and oxygen atoms in total. The summed E-state index contributed by atoms with van der Waals surface area (Å²) in [6.07, 6.45) is 0. The Balaban J connectivity index is 1.19. The molecule has 0 saturated carbocycles. The average Bonchev–Trinajstić information content (AvgIpc) is 3.68. The van der Waals surface area contributed by atoms with Crippen molar-refractivity contribution in [1.29, 1.82) is 0 Å². The van der Waals surface area contributed by atoms with Crippen LogP contribution in [0.1, 0.15) is 0 Å². The molecule has 0 bridgehead atoms. The first-order valence-electron chi connectivity index (χ1n) is 19.5. The number of benzene rings is 10. The van der Waals surface area contributed by atoms with Crippen molar-refractivity contribution in [3.8, 4) is 61.6 Å². The lowest BCUT2D eigenvalue weighted by Gasteiger charge is -2.20. The van der Waals surface area contributed by atoms with Crippen molar-refractivity contribution >= 4 is 43.4 Å². The first-order chi connectivity index (χ1) is 28.3. The van der Waals surface area contributed by atoms with Gasteiger partial charge in [-0.25, -0.2) is 4.98 Å². The van der Waals surface area contributed by atoms with Crippen molar-refractivity contribution < 1.29 is 0 Å². The molecule has 10 aromatic carbocycles. The van der Waals surface area contributed by atoms with Crippen LogP contribution in [0.4, 0.5) is 0 Å². The van der Waals surface area contributed by atoms with Crippen LogP contribution in [0.15, 0.2) is 218 Å². The van der Waals surface area contributed by atoms with E-state index in [2.05, 4.69) is 223 Å². The van der Waals surface area contributed by atoms with E-state index in [1.807, 2.05) is 0 Å². The van der Waals surface area contributed by atoms with Gasteiger partial charge in [0, 0.05) is 11.3 Å². The third-order valence-electron chi connectivity index (χ3n) is 11.4. The smallest absolute Gasteiger partial charge is 0.145 e. The molecule has 1 heterocycles. The van der Waals surface area contributed by atoms with Crippen LogP contribution in [0.3, 0.4) is 0 Å². The summed E-state index contributed by atoms with van der Waals surface area (Å²) in [6, 6.07) is 79.0. The first-order valence-corrected chi connectivity index (χ1v) is 19.5. The second-order valence-corrected chi connectivity index (χ2v) is 14.7. The van der Waals surface area contributed by atoms with Gasteiger partial charge >= 0.3 is 0 Å². The molecule has 0 N–H and O–H groups in total. The number of nitrogens with zero attached hydrogens (tertiary/aromatic N) is 2. The maximum Gasteiger partial charge on any atom is 0.145 e. The lowest BCUT2D eigenvalue weighted by molar-refractivity contribution is 1.10. The fourth-order valence-corrected chi connectivity index (χ4v) is 8.66. The Morgan fingerprint density at radius 2 is 0.789 bits per heavy atom. The summed E-state index contributed by atoms with van der Waals surface area (Å²) >= 11 is 0. The third kappa shape index (κ3) is 5.70. The van der Waals surface area contributed by atoms with Gasteiger partial charge in [-0.1, -0.05) is 176 Å². The molecular weight excluding hydrogens is 689 g/mol. The molecule has 0 aliphatic carbocycles. The van der Waals surface area contributed by atoms with Crippen LogP contribution in [0, 0.1) is 0 Å². The average molecular weight is 725 g/mol. The molecule has 0 amide bonds. The largest absolute Gasteiger partial charge is 0.292 e. The third-order valence-corrected chi connectivity index (χ3v) is 11.4. The van der Waals surface area contributed by atoms with Crippen molar-refractivity contribution in [3.05, 3.63) is 218 Å². The number of rotatable bonds is 6. The van der Waals surface area contributed by atoms with E-state index in [1.165, 1.54) is 76.8 Å². The molecule has 11 rings (SSSR count). The van der Waals surface area contributed by atoms with Gasteiger partial charge in [0.2, 0.25) is 0 Å². The fourth-order valence-electron chi connectivity index (χ4n) is 8.66. The summed E-state index contributed by atoms with van der Waals surface area (Å²) in [7, 11) is 0. The van der Waals surface area contributed by atoms with Gasteiger partial charge in [0.05, 0.1) is 11.0 Å². The molecule has 266 valence electrons. The van der Waals surface area contributed by atoms with Crippen LogP contribution in [0.5, 0.6) is 0 Å². The molecule has 57 heavy (non-hydrogen) atoms. The lowest BCUT2D eigenvalue weighted by Crippen LogP contribution is -1.97. The van der Waals surface area contributed by atoms with E-state index in [4.69, 9.17) is 4.98 Å². The van der Waals surface area contributed by atoms with Crippen LogP contribution < -0.4 is 0 Å². The van der Waals surface area contributed by atoms with Gasteiger partial charge in [0.1, 0.15) is 5.82 Å². The Bertz CT molecular complexity index is 3250. The number of fused-ring (bicyclic) bond motifs is 4. The maximum atomic E-state index is 5.17. The summed E-state index contributed by atoms with van der Waals surface area (Å²) in [6.45, 7) is 0. The van der Waals surface area contributed by atoms with E-state index in [0.717, 1.165) is 28.1 Å². The summed E-state index contributed by atoms with van der Waals surface area (Å²) in [5, 5.41) is 7.38. The molecule has 0 aliphatic rings. The van der Waals surface area contributed by atoms with E-state index < -0.39 is 0 Å². The van der Waals surface area contributed by atoms with Crippen LogP contribution in [-0.4, -0.2) is 9.55 Å². The number of imidazole rings is 1. The van der Waals surface area contributed by atoms with Crippen molar-refractivity contribution in [1.82, 2.24) is 9.55 Å². The minimum atomic E-state index is 0.925. The molecule has 11 aromatic rings. The van der Waals surface area contributed by atoms with E-state index >= 15 is 0 Å². The summed E-state index contributed by atoms with van der Waals surface area (Å²) in [5.41, 5.74) is 13.9. The Hall–Kier alpha value is -7.55. The molecular formula is C55H36N2. The zero-order chi connectivity index (χ0) is 37.7. The van der Waals surface area contributed by atoms with Gasteiger partial charge in [0.15, 0.2) is 0 Å². The highest BCUT2D eigenvalue weighted by molar-refractivity contribution is 6.23. The normalized spacial score (nSPS) is 11.5. The highest BCUT2D eigenvalue weighted by atomic mass is 15.1. The highest BCUT2D eigenvalue weighted by Crippen LogP contribution is 2.46.